The number of fused-ring (bicyclic) bond motifs is 17. The molecule has 5 heteroatoms. The number of aromatic nitrogens is 1. The van der Waals surface area contributed by atoms with E-state index in [0.717, 1.165) is 11.2 Å². The Labute approximate surface area is 399 Å². The summed E-state index contributed by atoms with van der Waals surface area (Å²) in [5.74, 6) is 0. The molecule has 0 N–H and O–H groups in total. The molecule has 2 aliphatic heterocycles. The summed E-state index contributed by atoms with van der Waals surface area (Å²) in [6.07, 6.45) is 0. The third-order valence-electron chi connectivity index (χ3n) is 16.3. The van der Waals surface area contributed by atoms with E-state index in [2.05, 4.69) is 221 Å². The van der Waals surface area contributed by atoms with E-state index in [1.54, 1.807) is 0 Å². The van der Waals surface area contributed by atoms with Gasteiger partial charge in [-0.15, -0.1) is 11.3 Å². The van der Waals surface area contributed by atoms with Crippen LogP contribution in [-0.4, -0.2) is 11.4 Å². The summed E-state index contributed by atoms with van der Waals surface area (Å²) in [6.45, 7) is 30.6. The lowest BCUT2D eigenvalue weighted by atomic mass is 9.46. The van der Waals surface area contributed by atoms with Crippen LogP contribution in [-0.2, 0) is 27.1 Å². The van der Waals surface area contributed by atoms with Crippen LogP contribution in [0.3, 0.4) is 0 Å². The second-order valence-corrected chi connectivity index (χ2v) is 25.3. The van der Waals surface area contributed by atoms with Crippen molar-refractivity contribution in [2.45, 2.75) is 117 Å². The SMILES string of the molecule is CC(C)(C)c1ccc(N2B3c4sc5ccc(C(C)(C)C)cc5c4-n4c5ccc(C(C)(C)C)cc5c5c6c(oc7ccccc76)c(c3c54)-c3cc4c(cc32)C(C)(C)c2ccccc2C4(C)C)cc1. The first-order valence-corrected chi connectivity index (χ1v) is 25.2. The Balaban J connectivity index is 1.28. The highest BCUT2D eigenvalue weighted by Gasteiger charge is 2.50. The Morgan fingerprint density at radius 2 is 1.13 bits per heavy atom. The van der Waals surface area contributed by atoms with Gasteiger partial charge in [-0.2, -0.15) is 0 Å². The average Bonchev–Trinajstić information content (AvgIpc) is 3.96. The van der Waals surface area contributed by atoms with Crippen molar-refractivity contribution in [3.63, 3.8) is 0 Å². The predicted molar refractivity (Wildman–Crippen MR) is 289 cm³/mol. The second-order valence-electron chi connectivity index (χ2n) is 24.2. The zero-order valence-electron chi connectivity index (χ0n) is 41.3. The van der Waals surface area contributed by atoms with Crippen molar-refractivity contribution in [1.29, 1.82) is 0 Å². The number of thiophene rings is 1. The Bertz CT molecular complexity index is 3810. The molecule has 5 heterocycles. The molecule has 1 aliphatic carbocycles. The minimum absolute atomic E-state index is 0.0107. The van der Waals surface area contributed by atoms with Gasteiger partial charge in [0.1, 0.15) is 11.2 Å². The molecule has 0 atom stereocenters. The Kier molecular flexibility index (Phi) is 7.95. The number of para-hydroxylation sites is 1. The fourth-order valence-corrected chi connectivity index (χ4v) is 13.8. The standard InChI is InChI=1S/C62H59BN2OS/c1-58(2,3)34-22-26-37(27-23-34)65-47-33-45-44(61(10,11)42-19-15-16-20-43(42)62(45,12)13)32-40(47)52-53-55-50(51-38-18-14-17-21-48(38)66-56(51)52)39-30-35(59(4,5)6)24-28-46(39)64(55)54-41-31-36(60(7,8)9)25-29-49(41)67-57(54)63(53)65/h14-33H,1-13H3. The molecular formula is C62H59BN2OS. The van der Waals surface area contributed by atoms with Gasteiger partial charge in [-0.1, -0.05) is 157 Å². The summed E-state index contributed by atoms with van der Waals surface area (Å²) in [5, 5.41) is 6.29. The zero-order chi connectivity index (χ0) is 46.6. The molecule has 0 radical (unpaired) electrons. The van der Waals surface area contributed by atoms with E-state index >= 15 is 0 Å². The van der Waals surface area contributed by atoms with Gasteiger partial charge in [0.2, 0.25) is 0 Å². The van der Waals surface area contributed by atoms with Gasteiger partial charge < -0.3 is 13.8 Å². The maximum Gasteiger partial charge on any atom is 0.343 e. The van der Waals surface area contributed by atoms with Crippen LogP contribution in [0.2, 0.25) is 0 Å². The molecule has 13 rings (SSSR count). The number of rotatable bonds is 1. The van der Waals surface area contributed by atoms with Crippen molar-refractivity contribution in [3.05, 3.63) is 160 Å². The molecule has 67 heavy (non-hydrogen) atoms. The zero-order valence-corrected chi connectivity index (χ0v) is 42.2. The maximum absolute atomic E-state index is 7.41. The van der Waals surface area contributed by atoms with Crippen LogP contribution >= 0.6 is 11.3 Å². The summed E-state index contributed by atoms with van der Waals surface area (Å²) in [6, 6.07) is 47.3. The van der Waals surface area contributed by atoms with Crippen molar-refractivity contribution in [2.75, 3.05) is 4.81 Å². The van der Waals surface area contributed by atoms with Gasteiger partial charge in [-0.3, -0.25) is 0 Å². The van der Waals surface area contributed by atoms with Gasteiger partial charge in [0.15, 0.2) is 0 Å². The Morgan fingerprint density at radius 1 is 0.552 bits per heavy atom. The largest absolute Gasteiger partial charge is 0.455 e. The first-order chi connectivity index (χ1) is 31.7. The van der Waals surface area contributed by atoms with Gasteiger partial charge in [-0.25, -0.2) is 0 Å². The van der Waals surface area contributed by atoms with E-state index in [4.69, 9.17) is 4.42 Å². The van der Waals surface area contributed by atoms with Crippen LogP contribution in [0, 0.1) is 0 Å². The molecule has 0 saturated carbocycles. The summed E-state index contributed by atoms with van der Waals surface area (Å²) in [4.78, 5) is 2.74. The van der Waals surface area contributed by atoms with E-state index in [1.807, 2.05) is 11.3 Å². The number of hydrogen-bond acceptors (Lipinski definition) is 3. The van der Waals surface area contributed by atoms with Gasteiger partial charge in [-0.05, 0) is 115 Å². The van der Waals surface area contributed by atoms with Crippen LogP contribution < -0.4 is 15.1 Å². The normalized spacial score (nSPS) is 16.0. The lowest BCUT2D eigenvalue weighted by Crippen LogP contribution is -2.59. The molecule has 3 nitrogen and oxygen atoms in total. The molecular weight excluding hydrogens is 832 g/mol. The number of hydrogen-bond donors (Lipinski definition) is 0. The van der Waals surface area contributed by atoms with Crippen molar-refractivity contribution in [1.82, 2.24) is 4.57 Å². The van der Waals surface area contributed by atoms with Crippen molar-refractivity contribution >= 4 is 93.6 Å². The molecule has 3 aliphatic rings. The summed E-state index contributed by atoms with van der Waals surface area (Å²) in [5.41, 5.74) is 21.2. The summed E-state index contributed by atoms with van der Waals surface area (Å²) in [7, 11) is 0. The number of benzene rings is 7. The topological polar surface area (TPSA) is 21.3 Å². The molecule has 0 spiro atoms. The van der Waals surface area contributed by atoms with E-state index in [-0.39, 0.29) is 33.9 Å². The maximum atomic E-state index is 7.41. The lowest BCUT2D eigenvalue weighted by molar-refractivity contribution is 0.521. The number of furan rings is 1. The molecule has 0 amide bonds. The van der Waals surface area contributed by atoms with Gasteiger partial charge in [0, 0.05) is 69.7 Å². The Hall–Kier alpha value is -6.04. The smallest absolute Gasteiger partial charge is 0.343 e. The molecule has 0 unspecified atom stereocenters. The molecule has 0 bridgehead atoms. The van der Waals surface area contributed by atoms with Crippen LogP contribution in [0.25, 0.3) is 70.6 Å². The first kappa shape index (κ1) is 41.2. The first-order valence-electron chi connectivity index (χ1n) is 24.4. The van der Waals surface area contributed by atoms with Crippen LogP contribution in [0.5, 0.6) is 0 Å². The fraction of sp³-hybridized carbons (Fsp3) is 0.290. The summed E-state index contributed by atoms with van der Waals surface area (Å²) < 4.78 is 12.8. The van der Waals surface area contributed by atoms with Crippen molar-refractivity contribution < 1.29 is 4.42 Å². The fourth-order valence-electron chi connectivity index (χ4n) is 12.5. The Morgan fingerprint density at radius 3 is 1.79 bits per heavy atom. The molecule has 7 aromatic carbocycles. The molecule has 0 fully saturated rings. The van der Waals surface area contributed by atoms with E-state index in [9.17, 15) is 0 Å². The van der Waals surface area contributed by atoms with Gasteiger partial charge >= 0.3 is 6.85 Å². The highest BCUT2D eigenvalue weighted by molar-refractivity contribution is 7.32. The van der Waals surface area contributed by atoms with Crippen molar-refractivity contribution in [2.24, 2.45) is 0 Å². The second kappa shape index (κ2) is 12.9. The average molecular weight is 891 g/mol. The van der Waals surface area contributed by atoms with Crippen LogP contribution in [0.1, 0.15) is 129 Å². The third-order valence-corrected chi connectivity index (χ3v) is 17.5. The minimum Gasteiger partial charge on any atom is -0.455 e. The summed E-state index contributed by atoms with van der Waals surface area (Å²) >= 11 is 1.98. The predicted octanol–water partition coefficient (Wildman–Crippen LogP) is 16.0. The number of nitrogens with zero attached hydrogens (tertiary/aromatic N) is 2. The molecule has 332 valence electrons. The molecule has 10 aromatic rings. The van der Waals surface area contributed by atoms with Crippen LogP contribution in [0.15, 0.2) is 126 Å². The number of anilines is 2. The minimum atomic E-state index is -0.234. The van der Waals surface area contributed by atoms with E-state index < -0.39 is 0 Å². The highest BCUT2D eigenvalue weighted by atomic mass is 32.1. The highest BCUT2D eigenvalue weighted by Crippen LogP contribution is 2.57. The molecule has 0 saturated heterocycles. The van der Waals surface area contributed by atoms with Gasteiger partial charge in [0.05, 0.1) is 16.7 Å². The van der Waals surface area contributed by atoms with E-state index in [0.29, 0.717) is 0 Å². The van der Waals surface area contributed by atoms with Crippen LogP contribution in [0.4, 0.5) is 11.4 Å². The van der Waals surface area contributed by atoms with Crippen molar-refractivity contribution in [3.8, 4) is 16.8 Å². The third kappa shape index (κ3) is 5.36. The monoisotopic (exact) mass is 890 g/mol. The van der Waals surface area contributed by atoms with Gasteiger partial charge in [0.25, 0.3) is 0 Å². The molecule has 3 aromatic heterocycles. The van der Waals surface area contributed by atoms with E-state index in [1.165, 1.54) is 120 Å². The lowest BCUT2D eigenvalue weighted by Gasteiger charge is -2.47. The quantitative estimate of drug-likeness (QED) is 0.153.